The minimum absolute atomic E-state index is 0.0961. The van der Waals surface area contributed by atoms with Gasteiger partial charge in [0.15, 0.2) is 0 Å². The van der Waals surface area contributed by atoms with E-state index in [9.17, 15) is 9.59 Å². The molecule has 94 valence electrons. The maximum Gasteiger partial charge on any atom is 0.321 e. The van der Waals surface area contributed by atoms with E-state index >= 15 is 0 Å². The Morgan fingerprint density at radius 1 is 1.39 bits per heavy atom. The number of carbonyl (C=O) groups excluding carboxylic acids is 2. The number of imide groups is 1. The summed E-state index contributed by atoms with van der Waals surface area (Å²) in [5.74, 6) is -0.253. The molecule has 0 heterocycles. The van der Waals surface area contributed by atoms with Crippen LogP contribution in [0.2, 0.25) is 0 Å². The Morgan fingerprint density at radius 2 is 2.17 bits per heavy atom. The Bertz CT molecular complexity index is 482. The fourth-order valence-electron chi connectivity index (χ4n) is 1.25. The number of benzene rings is 1. The van der Waals surface area contributed by atoms with Crippen LogP contribution in [-0.2, 0) is 11.3 Å². The first-order chi connectivity index (χ1) is 8.65. The Labute approximate surface area is 110 Å². The molecule has 0 radical (unpaired) electrons. The third kappa shape index (κ3) is 4.85. The molecular formula is C12H12ClN3O2. The molecule has 0 aliphatic heterocycles. The van der Waals surface area contributed by atoms with Gasteiger partial charge in [-0.3, -0.25) is 10.1 Å². The molecule has 0 fully saturated rings. The average molecular weight is 266 g/mol. The summed E-state index contributed by atoms with van der Waals surface area (Å²) in [4.78, 5) is 22.4. The topological polar surface area (TPSA) is 82.0 Å². The van der Waals surface area contributed by atoms with E-state index in [1.54, 1.807) is 24.3 Å². The smallest absolute Gasteiger partial charge is 0.321 e. The highest BCUT2D eigenvalue weighted by atomic mass is 35.5. The predicted molar refractivity (Wildman–Crippen MR) is 66.9 cm³/mol. The van der Waals surface area contributed by atoms with Gasteiger partial charge in [-0.15, -0.1) is 11.6 Å². The summed E-state index contributed by atoms with van der Waals surface area (Å²) in [7, 11) is 0. The summed E-state index contributed by atoms with van der Waals surface area (Å²) < 4.78 is 0. The number of amides is 3. The minimum Gasteiger partial charge on any atom is -0.334 e. The van der Waals surface area contributed by atoms with Crippen LogP contribution in [0.15, 0.2) is 24.3 Å². The van der Waals surface area contributed by atoms with Crippen LogP contribution in [0.3, 0.4) is 0 Å². The zero-order valence-electron chi connectivity index (χ0n) is 9.57. The lowest BCUT2D eigenvalue weighted by Gasteiger charge is -2.06. The Morgan fingerprint density at radius 3 is 2.83 bits per heavy atom. The van der Waals surface area contributed by atoms with Gasteiger partial charge >= 0.3 is 6.03 Å². The van der Waals surface area contributed by atoms with E-state index in [0.717, 1.165) is 5.56 Å². The molecule has 0 aliphatic carbocycles. The molecule has 0 aliphatic rings. The van der Waals surface area contributed by atoms with Crippen LogP contribution in [0.1, 0.15) is 17.5 Å². The summed E-state index contributed by atoms with van der Waals surface area (Å²) >= 11 is 5.36. The molecule has 2 N–H and O–H groups in total. The van der Waals surface area contributed by atoms with Gasteiger partial charge in [0.1, 0.15) is 0 Å². The van der Waals surface area contributed by atoms with Crippen molar-refractivity contribution in [2.75, 3.05) is 5.88 Å². The van der Waals surface area contributed by atoms with E-state index in [-0.39, 0.29) is 18.8 Å². The van der Waals surface area contributed by atoms with Crippen molar-refractivity contribution >= 4 is 23.5 Å². The number of rotatable bonds is 4. The van der Waals surface area contributed by atoms with Crippen LogP contribution in [-0.4, -0.2) is 17.8 Å². The van der Waals surface area contributed by atoms with E-state index in [0.29, 0.717) is 5.56 Å². The fraction of sp³-hybridized carbons (Fsp3) is 0.250. The van der Waals surface area contributed by atoms with Gasteiger partial charge in [0.2, 0.25) is 5.91 Å². The Kier molecular flexibility index (Phi) is 5.68. The lowest BCUT2D eigenvalue weighted by atomic mass is 10.1. The Balaban J connectivity index is 2.43. The zero-order valence-corrected chi connectivity index (χ0v) is 10.3. The van der Waals surface area contributed by atoms with E-state index in [1.807, 2.05) is 6.07 Å². The average Bonchev–Trinajstić information content (AvgIpc) is 2.37. The number of halogens is 1. The second-order valence-corrected chi connectivity index (χ2v) is 3.86. The lowest BCUT2D eigenvalue weighted by Crippen LogP contribution is -2.39. The van der Waals surface area contributed by atoms with Crippen molar-refractivity contribution in [3.05, 3.63) is 35.4 Å². The van der Waals surface area contributed by atoms with E-state index in [2.05, 4.69) is 10.6 Å². The van der Waals surface area contributed by atoms with Crippen LogP contribution in [0, 0.1) is 11.3 Å². The predicted octanol–water partition coefficient (Wildman–Crippen LogP) is 1.51. The third-order valence-corrected chi connectivity index (χ3v) is 2.27. The van der Waals surface area contributed by atoms with Crippen LogP contribution >= 0.6 is 11.6 Å². The number of nitrogens with zero attached hydrogens (tertiary/aromatic N) is 1. The number of nitriles is 1. The first-order valence-corrected chi connectivity index (χ1v) is 5.82. The quantitative estimate of drug-likeness (QED) is 0.810. The van der Waals surface area contributed by atoms with Gasteiger partial charge < -0.3 is 5.32 Å². The number of hydrogen-bond acceptors (Lipinski definition) is 3. The van der Waals surface area contributed by atoms with E-state index in [1.165, 1.54) is 0 Å². The monoisotopic (exact) mass is 265 g/mol. The highest BCUT2D eigenvalue weighted by molar-refractivity contribution is 6.19. The molecule has 1 aromatic rings. The molecule has 6 heteroatoms. The van der Waals surface area contributed by atoms with Crippen molar-refractivity contribution in [1.29, 1.82) is 5.26 Å². The SMILES string of the molecule is N#Cc1cccc(CNC(=O)NC(=O)CCCl)c1. The second-order valence-electron chi connectivity index (χ2n) is 3.48. The molecule has 0 spiro atoms. The maximum absolute atomic E-state index is 11.3. The maximum atomic E-state index is 11.3. The molecular weight excluding hydrogens is 254 g/mol. The lowest BCUT2D eigenvalue weighted by molar-refractivity contribution is -0.119. The molecule has 3 amide bonds. The molecule has 5 nitrogen and oxygen atoms in total. The van der Waals surface area contributed by atoms with Gasteiger partial charge in [-0.2, -0.15) is 5.26 Å². The van der Waals surface area contributed by atoms with Gasteiger partial charge in [0.05, 0.1) is 11.6 Å². The molecule has 0 saturated carbocycles. The third-order valence-electron chi connectivity index (χ3n) is 2.08. The first kappa shape index (κ1) is 14.0. The normalized spacial score (nSPS) is 9.33. The summed E-state index contributed by atoms with van der Waals surface area (Å²) in [5.41, 5.74) is 1.31. The standard InChI is InChI=1S/C12H12ClN3O2/c13-5-4-11(17)16-12(18)15-8-10-3-1-2-9(6-10)7-14/h1-3,6H,4-5,8H2,(H2,15,16,17,18). The molecule has 0 aromatic heterocycles. The number of urea groups is 1. The largest absolute Gasteiger partial charge is 0.334 e. The molecule has 0 bridgehead atoms. The van der Waals surface area contributed by atoms with Crippen LogP contribution < -0.4 is 10.6 Å². The first-order valence-electron chi connectivity index (χ1n) is 5.28. The number of alkyl halides is 1. The van der Waals surface area contributed by atoms with Gasteiger partial charge in [0.25, 0.3) is 0 Å². The van der Waals surface area contributed by atoms with Crippen molar-refractivity contribution in [2.45, 2.75) is 13.0 Å². The summed E-state index contributed by atoms with van der Waals surface area (Å²) in [5, 5.41) is 13.4. The molecule has 1 rings (SSSR count). The Hall–Kier alpha value is -2.06. The highest BCUT2D eigenvalue weighted by Gasteiger charge is 2.06. The van der Waals surface area contributed by atoms with E-state index in [4.69, 9.17) is 16.9 Å². The minimum atomic E-state index is -0.576. The summed E-state index contributed by atoms with van der Waals surface area (Å²) in [6, 6.07) is 8.28. The van der Waals surface area contributed by atoms with E-state index < -0.39 is 11.9 Å². The van der Waals surface area contributed by atoms with Crippen molar-refractivity contribution in [3.63, 3.8) is 0 Å². The number of carbonyl (C=O) groups is 2. The number of hydrogen-bond donors (Lipinski definition) is 2. The zero-order chi connectivity index (χ0) is 13.4. The molecule has 0 atom stereocenters. The van der Waals surface area contributed by atoms with Crippen molar-refractivity contribution in [1.82, 2.24) is 10.6 Å². The van der Waals surface area contributed by atoms with Crippen molar-refractivity contribution in [2.24, 2.45) is 0 Å². The molecule has 1 aromatic carbocycles. The summed E-state index contributed by atoms with van der Waals surface area (Å²) in [6.07, 6.45) is 0.0961. The highest BCUT2D eigenvalue weighted by Crippen LogP contribution is 2.03. The van der Waals surface area contributed by atoms with Crippen molar-refractivity contribution < 1.29 is 9.59 Å². The molecule has 18 heavy (non-hydrogen) atoms. The molecule has 0 saturated heterocycles. The van der Waals surface area contributed by atoms with Crippen LogP contribution in [0.5, 0.6) is 0 Å². The van der Waals surface area contributed by atoms with Crippen molar-refractivity contribution in [3.8, 4) is 6.07 Å². The number of nitrogens with one attached hydrogen (secondary N) is 2. The van der Waals surface area contributed by atoms with Crippen LogP contribution in [0.4, 0.5) is 4.79 Å². The fourth-order valence-corrected chi connectivity index (χ4v) is 1.42. The summed E-state index contributed by atoms with van der Waals surface area (Å²) in [6.45, 7) is 0.246. The second kappa shape index (κ2) is 7.30. The van der Waals surface area contributed by atoms with Gasteiger partial charge in [0, 0.05) is 18.8 Å². The van der Waals surface area contributed by atoms with Gasteiger partial charge in [-0.25, -0.2) is 4.79 Å². The van der Waals surface area contributed by atoms with Gasteiger partial charge in [-0.05, 0) is 17.7 Å². The van der Waals surface area contributed by atoms with Crippen LogP contribution in [0.25, 0.3) is 0 Å². The van der Waals surface area contributed by atoms with Gasteiger partial charge in [-0.1, -0.05) is 12.1 Å². The molecule has 0 unspecified atom stereocenters.